The van der Waals surface area contributed by atoms with Crippen molar-refractivity contribution in [3.63, 3.8) is 0 Å². The van der Waals surface area contributed by atoms with E-state index >= 15 is 0 Å². The minimum Gasteiger partial charge on any atom is -0.372 e. The molecule has 0 aliphatic rings. The lowest BCUT2D eigenvalue weighted by Crippen LogP contribution is -2.20. The molecular weight excluding hydrogens is 338 g/mol. The van der Waals surface area contributed by atoms with Crippen molar-refractivity contribution in [2.75, 3.05) is 0 Å². The summed E-state index contributed by atoms with van der Waals surface area (Å²) >= 11 is 0. The van der Waals surface area contributed by atoms with Crippen molar-refractivity contribution >= 4 is 5.91 Å². The van der Waals surface area contributed by atoms with Gasteiger partial charge in [-0.05, 0) is 30.4 Å². The predicted octanol–water partition coefficient (Wildman–Crippen LogP) is 3.59. The van der Waals surface area contributed by atoms with Crippen LogP contribution in [0.3, 0.4) is 0 Å². The van der Waals surface area contributed by atoms with Gasteiger partial charge >= 0.3 is 0 Å². The first-order chi connectivity index (χ1) is 13.2. The van der Waals surface area contributed by atoms with Gasteiger partial charge < -0.3 is 15.0 Å². The summed E-state index contributed by atoms with van der Waals surface area (Å²) in [5.74, 6) is -0.514. The molecule has 3 aromatic rings. The summed E-state index contributed by atoms with van der Waals surface area (Å²) in [5, 5.41) is 0. The molecule has 0 bridgehead atoms. The summed E-state index contributed by atoms with van der Waals surface area (Å²) in [6.45, 7) is 1.20. The molecule has 1 atom stereocenters. The maximum Gasteiger partial charge on any atom is 0.268 e. The Morgan fingerprint density at radius 1 is 1.04 bits per heavy atom. The summed E-state index contributed by atoms with van der Waals surface area (Å²) in [6, 6.07) is 20.6. The van der Waals surface area contributed by atoms with E-state index in [9.17, 15) is 4.79 Å². The van der Waals surface area contributed by atoms with Crippen LogP contribution in [0.1, 0.15) is 34.5 Å². The van der Waals surface area contributed by atoms with Gasteiger partial charge in [-0.25, -0.2) is 4.98 Å². The highest BCUT2D eigenvalue weighted by Crippen LogP contribution is 2.13. The van der Waals surface area contributed by atoms with Crippen molar-refractivity contribution in [3.8, 4) is 0 Å². The summed E-state index contributed by atoms with van der Waals surface area (Å²) in [7, 11) is 0. The molecule has 0 saturated carbocycles. The lowest BCUT2D eigenvalue weighted by atomic mass is 10.1. The molecule has 1 amide bonds. The molecule has 2 N–H and O–H groups in total. The molecule has 3 rings (SSSR count). The van der Waals surface area contributed by atoms with Gasteiger partial charge in [0, 0.05) is 12.7 Å². The molecule has 1 heterocycles. The van der Waals surface area contributed by atoms with Crippen LogP contribution in [0.25, 0.3) is 0 Å². The Kier molecular flexibility index (Phi) is 6.77. The number of carbonyl (C=O) groups excluding carboxylic acids is 1. The zero-order valence-electron chi connectivity index (χ0n) is 15.3. The fraction of sp³-hybridized carbons (Fsp3) is 0.273. The highest BCUT2D eigenvalue weighted by molar-refractivity contribution is 5.90. The molecule has 0 saturated heterocycles. The summed E-state index contributed by atoms with van der Waals surface area (Å²) in [4.78, 5) is 15.3. The number of hydrogen-bond acceptors (Lipinski definition) is 3. The Hall–Kier alpha value is -2.92. The first kappa shape index (κ1) is 18.9. The van der Waals surface area contributed by atoms with Crippen molar-refractivity contribution in [2.24, 2.45) is 5.73 Å². The first-order valence-electron chi connectivity index (χ1n) is 9.22. The zero-order chi connectivity index (χ0) is 18.9. The van der Waals surface area contributed by atoms with E-state index in [2.05, 4.69) is 41.4 Å². The fourth-order valence-corrected chi connectivity index (χ4v) is 3.02. The Balaban J connectivity index is 1.59. The minimum absolute atomic E-state index is 0.0313. The van der Waals surface area contributed by atoms with Gasteiger partial charge in [0.1, 0.15) is 5.69 Å². The number of aromatic nitrogens is 2. The fourth-order valence-electron chi connectivity index (χ4n) is 3.02. The van der Waals surface area contributed by atoms with Gasteiger partial charge in [-0.15, -0.1) is 0 Å². The van der Waals surface area contributed by atoms with E-state index in [0.29, 0.717) is 13.2 Å². The second-order valence-electron chi connectivity index (χ2n) is 6.62. The van der Waals surface area contributed by atoms with Crippen molar-refractivity contribution < 1.29 is 9.53 Å². The van der Waals surface area contributed by atoms with Crippen LogP contribution in [0.5, 0.6) is 0 Å². The molecular formula is C22H25N3O2. The van der Waals surface area contributed by atoms with Crippen LogP contribution in [0.15, 0.2) is 73.2 Å². The van der Waals surface area contributed by atoms with E-state index in [1.54, 1.807) is 12.5 Å². The molecule has 0 aliphatic heterocycles. The quantitative estimate of drug-likeness (QED) is 0.598. The molecule has 1 unspecified atom stereocenters. The molecule has 0 aliphatic carbocycles. The molecule has 27 heavy (non-hydrogen) atoms. The number of primary amides is 1. The number of nitrogens with zero attached hydrogens (tertiary/aromatic N) is 2. The molecule has 140 valence electrons. The topological polar surface area (TPSA) is 70.1 Å². The molecule has 5 nitrogen and oxygen atoms in total. The molecule has 0 radical (unpaired) electrons. The molecule has 1 aromatic heterocycles. The predicted molar refractivity (Wildman–Crippen MR) is 105 cm³/mol. The lowest BCUT2D eigenvalue weighted by Gasteiger charge is -2.19. The third-order valence-corrected chi connectivity index (χ3v) is 4.46. The van der Waals surface area contributed by atoms with E-state index in [1.807, 2.05) is 28.8 Å². The number of benzene rings is 2. The van der Waals surface area contributed by atoms with Gasteiger partial charge in [-0.3, -0.25) is 4.79 Å². The average Bonchev–Trinajstić information content (AvgIpc) is 3.16. The van der Waals surface area contributed by atoms with Crippen LogP contribution in [0, 0.1) is 0 Å². The Labute approximate surface area is 159 Å². The van der Waals surface area contributed by atoms with Gasteiger partial charge in [-0.1, -0.05) is 60.7 Å². The third-order valence-electron chi connectivity index (χ3n) is 4.46. The molecule has 0 fully saturated rings. The zero-order valence-corrected chi connectivity index (χ0v) is 15.3. The number of nitrogens with two attached hydrogens (primary N) is 1. The monoisotopic (exact) mass is 363 g/mol. The number of ether oxygens (including phenoxy) is 1. The van der Waals surface area contributed by atoms with E-state index in [-0.39, 0.29) is 11.8 Å². The molecule has 5 heteroatoms. The SMILES string of the molecule is NC(=O)c1cn(CC(CCCc2ccccc2)OCc2ccccc2)cn1. The van der Waals surface area contributed by atoms with Crippen molar-refractivity contribution in [1.82, 2.24) is 9.55 Å². The van der Waals surface area contributed by atoms with Crippen molar-refractivity contribution in [2.45, 2.75) is 38.5 Å². The second-order valence-corrected chi connectivity index (χ2v) is 6.62. The number of amides is 1. The van der Waals surface area contributed by atoms with Crippen LogP contribution in [0.2, 0.25) is 0 Å². The Morgan fingerprint density at radius 3 is 2.33 bits per heavy atom. The van der Waals surface area contributed by atoms with Gasteiger partial charge in [0.2, 0.25) is 0 Å². The van der Waals surface area contributed by atoms with Crippen LogP contribution < -0.4 is 5.73 Å². The van der Waals surface area contributed by atoms with E-state index in [1.165, 1.54) is 5.56 Å². The van der Waals surface area contributed by atoms with Crippen LogP contribution in [0.4, 0.5) is 0 Å². The summed E-state index contributed by atoms with van der Waals surface area (Å²) in [6.07, 6.45) is 6.31. The number of carbonyl (C=O) groups is 1. The number of rotatable bonds is 10. The number of aryl methyl sites for hydroxylation is 1. The summed E-state index contributed by atoms with van der Waals surface area (Å²) in [5.41, 5.74) is 8.05. The minimum atomic E-state index is -0.514. The van der Waals surface area contributed by atoms with E-state index < -0.39 is 5.91 Å². The normalized spacial score (nSPS) is 12.0. The smallest absolute Gasteiger partial charge is 0.268 e. The first-order valence-corrected chi connectivity index (χ1v) is 9.22. The summed E-state index contributed by atoms with van der Waals surface area (Å²) < 4.78 is 8.05. The van der Waals surface area contributed by atoms with Crippen LogP contribution in [-0.4, -0.2) is 21.6 Å². The van der Waals surface area contributed by atoms with E-state index in [4.69, 9.17) is 10.5 Å². The van der Waals surface area contributed by atoms with Crippen LogP contribution in [-0.2, 0) is 24.3 Å². The van der Waals surface area contributed by atoms with E-state index in [0.717, 1.165) is 24.8 Å². The van der Waals surface area contributed by atoms with Crippen LogP contribution >= 0.6 is 0 Å². The largest absolute Gasteiger partial charge is 0.372 e. The van der Waals surface area contributed by atoms with Crippen molar-refractivity contribution in [1.29, 1.82) is 0 Å². The maximum atomic E-state index is 11.3. The standard InChI is InChI=1S/C22H25N3O2/c23-22(26)21-15-25(17-24-21)14-20(27-16-19-10-5-2-6-11-19)13-7-12-18-8-3-1-4-9-18/h1-6,8-11,15,17,20H,7,12-14,16H2,(H2,23,26). The average molecular weight is 363 g/mol. The molecule has 2 aromatic carbocycles. The maximum absolute atomic E-state index is 11.3. The number of imidazole rings is 1. The highest BCUT2D eigenvalue weighted by Gasteiger charge is 2.13. The Morgan fingerprint density at radius 2 is 1.70 bits per heavy atom. The Bertz CT molecular complexity index is 831. The van der Waals surface area contributed by atoms with Gasteiger partial charge in [0.15, 0.2) is 0 Å². The second kappa shape index (κ2) is 9.69. The van der Waals surface area contributed by atoms with Crippen molar-refractivity contribution in [3.05, 3.63) is 90.0 Å². The molecule has 0 spiro atoms. The van der Waals surface area contributed by atoms with Gasteiger partial charge in [0.05, 0.1) is 19.0 Å². The lowest BCUT2D eigenvalue weighted by molar-refractivity contribution is 0.0225. The highest BCUT2D eigenvalue weighted by atomic mass is 16.5. The third kappa shape index (κ3) is 6.08. The van der Waals surface area contributed by atoms with Gasteiger partial charge in [0.25, 0.3) is 5.91 Å². The number of hydrogen-bond donors (Lipinski definition) is 1. The van der Waals surface area contributed by atoms with Gasteiger partial charge in [-0.2, -0.15) is 0 Å².